The standard InChI is InChI=1S/C16H17ClN6O2S/c1-16(2,3)14-12(22-8-19-7-20-22)13(26-15(18)21-14)10-6-9(23(24)25)4-5-11(10)17/h4-8,15H,18H2,1-3H3. The highest BCUT2D eigenvalue weighted by Gasteiger charge is 2.33. The van der Waals surface area contributed by atoms with E-state index in [1.807, 2.05) is 20.8 Å². The quantitative estimate of drug-likeness (QED) is 0.630. The van der Waals surface area contributed by atoms with E-state index in [9.17, 15) is 10.1 Å². The number of nitrogens with zero attached hydrogens (tertiary/aromatic N) is 5. The zero-order valence-corrected chi connectivity index (χ0v) is 16.0. The Hall–Kier alpha value is -2.23. The number of hydrogen-bond donors (Lipinski definition) is 1. The number of aromatic nitrogens is 3. The first-order valence-electron chi connectivity index (χ1n) is 7.73. The molecular formula is C16H17ClN6O2S. The van der Waals surface area contributed by atoms with Gasteiger partial charge in [0.2, 0.25) is 0 Å². The molecule has 2 aromatic rings. The van der Waals surface area contributed by atoms with Crippen LogP contribution in [-0.2, 0) is 0 Å². The number of halogens is 1. The number of nitrogens with two attached hydrogens (primary N) is 1. The average Bonchev–Trinajstić information content (AvgIpc) is 3.07. The van der Waals surface area contributed by atoms with E-state index in [0.717, 1.165) is 5.71 Å². The van der Waals surface area contributed by atoms with Gasteiger partial charge in [-0.1, -0.05) is 44.1 Å². The van der Waals surface area contributed by atoms with Crippen molar-refractivity contribution in [2.75, 3.05) is 0 Å². The minimum atomic E-state index is -0.554. The van der Waals surface area contributed by atoms with Gasteiger partial charge in [-0.15, -0.1) is 0 Å². The molecule has 0 fully saturated rings. The maximum Gasteiger partial charge on any atom is 0.270 e. The van der Waals surface area contributed by atoms with Gasteiger partial charge >= 0.3 is 0 Å². The Morgan fingerprint density at radius 2 is 2.12 bits per heavy atom. The summed E-state index contributed by atoms with van der Waals surface area (Å²) < 4.78 is 1.59. The highest BCUT2D eigenvalue weighted by molar-refractivity contribution is 8.09. The molecule has 1 atom stereocenters. The highest BCUT2D eigenvalue weighted by atomic mass is 35.5. The van der Waals surface area contributed by atoms with Crippen LogP contribution in [0.5, 0.6) is 0 Å². The van der Waals surface area contributed by atoms with Gasteiger partial charge in [-0.3, -0.25) is 15.1 Å². The molecule has 10 heteroatoms. The van der Waals surface area contributed by atoms with Crippen LogP contribution >= 0.6 is 23.4 Å². The summed E-state index contributed by atoms with van der Waals surface area (Å²) in [5, 5.41) is 15.8. The average molecular weight is 393 g/mol. The summed E-state index contributed by atoms with van der Waals surface area (Å²) in [6.45, 7) is 6.04. The third-order valence-corrected chi connectivity index (χ3v) is 5.02. The van der Waals surface area contributed by atoms with Gasteiger partial charge in [0.15, 0.2) is 0 Å². The second kappa shape index (κ2) is 6.82. The molecule has 136 valence electrons. The van der Waals surface area contributed by atoms with Crippen molar-refractivity contribution in [2.24, 2.45) is 16.1 Å². The van der Waals surface area contributed by atoms with E-state index >= 15 is 0 Å². The van der Waals surface area contributed by atoms with E-state index in [0.29, 0.717) is 21.2 Å². The maximum absolute atomic E-state index is 11.2. The van der Waals surface area contributed by atoms with Crippen LogP contribution < -0.4 is 5.73 Å². The molecule has 0 bridgehead atoms. The van der Waals surface area contributed by atoms with E-state index < -0.39 is 10.4 Å². The first kappa shape index (κ1) is 18.6. The van der Waals surface area contributed by atoms with E-state index in [1.165, 1.54) is 36.3 Å². The summed E-state index contributed by atoms with van der Waals surface area (Å²) in [7, 11) is 0. The number of hydrogen-bond acceptors (Lipinski definition) is 7. The zero-order chi connectivity index (χ0) is 19.1. The molecule has 8 nitrogen and oxygen atoms in total. The lowest BCUT2D eigenvalue weighted by atomic mass is 9.87. The van der Waals surface area contributed by atoms with Gasteiger partial charge in [-0.2, -0.15) is 5.10 Å². The predicted molar refractivity (Wildman–Crippen MR) is 104 cm³/mol. The van der Waals surface area contributed by atoms with Gasteiger partial charge in [0, 0.05) is 33.0 Å². The SMILES string of the molecule is CC(C)(C)C1=NC(N)SC(c2cc([N+](=O)[O-])ccc2Cl)=C1n1cncn1. The first-order valence-corrected chi connectivity index (χ1v) is 8.98. The van der Waals surface area contributed by atoms with Crippen molar-refractivity contribution < 1.29 is 4.92 Å². The van der Waals surface area contributed by atoms with Crippen LogP contribution in [-0.4, -0.2) is 30.9 Å². The monoisotopic (exact) mass is 392 g/mol. The molecule has 0 saturated carbocycles. The summed E-state index contributed by atoms with van der Waals surface area (Å²) in [6.07, 6.45) is 2.97. The van der Waals surface area contributed by atoms with Gasteiger partial charge in [-0.05, 0) is 6.07 Å². The van der Waals surface area contributed by atoms with E-state index in [-0.39, 0.29) is 11.1 Å². The smallest absolute Gasteiger partial charge is 0.270 e. The highest BCUT2D eigenvalue weighted by Crippen LogP contribution is 2.45. The van der Waals surface area contributed by atoms with Crippen molar-refractivity contribution in [3.8, 4) is 0 Å². The predicted octanol–water partition coefficient (Wildman–Crippen LogP) is 3.64. The third-order valence-electron chi connectivity index (χ3n) is 3.70. The van der Waals surface area contributed by atoms with Crippen molar-refractivity contribution in [3.05, 3.63) is 51.6 Å². The lowest BCUT2D eigenvalue weighted by Gasteiger charge is -2.31. The number of thioether (sulfide) groups is 1. The van der Waals surface area contributed by atoms with E-state index in [4.69, 9.17) is 17.3 Å². The third kappa shape index (κ3) is 3.50. The molecule has 0 aliphatic carbocycles. The maximum atomic E-state index is 11.2. The van der Waals surface area contributed by atoms with Gasteiger partial charge in [0.05, 0.1) is 10.6 Å². The van der Waals surface area contributed by atoms with E-state index in [2.05, 4.69) is 15.1 Å². The minimum Gasteiger partial charge on any atom is -0.301 e. The molecule has 2 heterocycles. The molecule has 0 saturated heterocycles. The topological polar surface area (TPSA) is 112 Å². The normalized spacial score (nSPS) is 18.0. The van der Waals surface area contributed by atoms with Crippen molar-refractivity contribution >= 4 is 45.4 Å². The van der Waals surface area contributed by atoms with E-state index in [1.54, 1.807) is 11.0 Å². The Balaban J connectivity index is 2.32. The number of rotatable bonds is 3. The summed E-state index contributed by atoms with van der Waals surface area (Å²) >= 11 is 7.65. The summed E-state index contributed by atoms with van der Waals surface area (Å²) in [6, 6.07) is 4.32. The van der Waals surface area contributed by atoms with Crippen LogP contribution in [0.3, 0.4) is 0 Å². The van der Waals surface area contributed by atoms with Crippen LogP contribution in [0.4, 0.5) is 5.69 Å². The van der Waals surface area contributed by atoms with Crippen LogP contribution in [0.1, 0.15) is 26.3 Å². The summed E-state index contributed by atoms with van der Waals surface area (Å²) in [4.78, 5) is 20.0. The molecule has 26 heavy (non-hydrogen) atoms. The van der Waals surface area contributed by atoms with Gasteiger partial charge in [0.25, 0.3) is 5.69 Å². The molecular weight excluding hydrogens is 376 g/mol. The molecule has 1 aliphatic heterocycles. The lowest BCUT2D eigenvalue weighted by molar-refractivity contribution is -0.384. The second-order valence-electron chi connectivity index (χ2n) is 6.68. The van der Waals surface area contributed by atoms with Crippen LogP contribution in [0.25, 0.3) is 10.6 Å². The largest absolute Gasteiger partial charge is 0.301 e. The molecule has 3 rings (SSSR count). The van der Waals surface area contributed by atoms with Gasteiger partial charge < -0.3 is 5.73 Å². The van der Waals surface area contributed by atoms with Crippen LogP contribution in [0, 0.1) is 15.5 Å². The lowest BCUT2D eigenvalue weighted by Crippen LogP contribution is -2.31. The van der Waals surface area contributed by atoms with Gasteiger partial charge in [0.1, 0.15) is 23.8 Å². The molecule has 1 aromatic carbocycles. The number of nitro benzene ring substituents is 1. The fraction of sp³-hybridized carbons (Fsp3) is 0.312. The summed E-state index contributed by atoms with van der Waals surface area (Å²) in [5.74, 6) is 0. The van der Waals surface area contributed by atoms with Crippen molar-refractivity contribution in [1.29, 1.82) is 0 Å². The van der Waals surface area contributed by atoms with Crippen molar-refractivity contribution in [3.63, 3.8) is 0 Å². The molecule has 1 aromatic heterocycles. The second-order valence-corrected chi connectivity index (χ2v) is 8.21. The Kier molecular flexibility index (Phi) is 4.87. The Labute approximate surface area is 159 Å². The number of non-ortho nitro benzene ring substituents is 1. The molecule has 1 aliphatic rings. The van der Waals surface area contributed by atoms with Crippen molar-refractivity contribution in [1.82, 2.24) is 14.8 Å². The number of allylic oxidation sites excluding steroid dienone is 1. The fourth-order valence-electron chi connectivity index (χ4n) is 2.58. The summed E-state index contributed by atoms with van der Waals surface area (Å²) in [5.41, 5.74) is 7.11. The Bertz CT molecular complexity index is 917. The molecule has 0 radical (unpaired) electrons. The Morgan fingerprint density at radius 1 is 1.38 bits per heavy atom. The first-order chi connectivity index (χ1) is 12.2. The zero-order valence-electron chi connectivity index (χ0n) is 14.4. The van der Waals surface area contributed by atoms with Gasteiger partial charge in [-0.25, -0.2) is 9.67 Å². The van der Waals surface area contributed by atoms with Crippen LogP contribution in [0.2, 0.25) is 5.02 Å². The minimum absolute atomic E-state index is 0.0520. The van der Waals surface area contributed by atoms with Crippen LogP contribution in [0.15, 0.2) is 35.8 Å². The molecule has 0 amide bonds. The number of nitro groups is 1. The molecule has 2 N–H and O–H groups in total. The fourth-order valence-corrected chi connectivity index (χ4v) is 3.84. The Morgan fingerprint density at radius 3 is 2.69 bits per heavy atom. The number of aliphatic imine (C=N–C) groups is 1. The number of benzene rings is 1. The van der Waals surface area contributed by atoms with Crippen molar-refractivity contribution in [2.45, 2.75) is 26.3 Å². The molecule has 1 unspecified atom stereocenters. The molecule has 0 spiro atoms.